The molecular weight excluding hydrogens is 226 g/mol. The Labute approximate surface area is 106 Å². The van der Waals surface area contributed by atoms with Crippen LogP contribution in [0.25, 0.3) is 10.8 Å². The van der Waals surface area contributed by atoms with E-state index in [0.29, 0.717) is 18.1 Å². The first-order valence-corrected chi connectivity index (χ1v) is 5.92. The molecule has 0 spiro atoms. The zero-order valence-electron chi connectivity index (χ0n) is 10.5. The number of ether oxygens (including phenoxy) is 1. The van der Waals surface area contributed by atoms with Crippen LogP contribution in [0, 0.1) is 0 Å². The molecule has 0 bridgehead atoms. The molecule has 2 aromatic carbocycles. The molecule has 0 unspecified atom stereocenters. The third kappa shape index (κ3) is 2.74. The molecule has 92 valence electrons. The maximum Gasteiger partial charge on any atom is 0.279 e. The first-order valence-electron chi connectivity index (χ1n) is 5.92. The van der Waals surface area contributed by atoms with E-state index in [-0.39, 0.29) is 5.91 Å². The Morgan fingerprint density at radius 2 is 1.89 bits per heavy atom. The maximum absolute atomic E-state index is 11.9. The second-order valence-electron chi connectivity index (χ2n) is 3.93. The summed E-state index contributed by atoms with van der Waals surface area (Å²) in [5.74, 6) is 0.127. The topological polar surface area (TPSA) is 38.7 Å². The lowest BCUT2D eigenvalue weighted by Gasteiger charge is -2.02. The number of rotatable bonds is 2. The summed E-state index contributed by atoms with van der Waals surface area (Å²) < 4.78 is 5.15. The second-order valence-corrected chi connectivity index (χ2v) is 3.93. The summed E-state index contributed by atoms with van der Waals surface area (Å²) in [6, 6.07) is 13.5. The number of carbonyl (C=O) groups is 1. The van der Waals surface area contributed by atoms with Gasteiger partial charge in [-0.05, 0) is 29.8 Å². The lowest BCUT2D eigenvalue weighted by atomic mass is 10.1. The molecule has 0 saturated heterocycles. The van der Waals surface area contributed by atoms with E-state index in [1.165, 1.54) is 0 Å². The van der Waals surface area contributed by atoms with Crippen molar-refractivity contribution in [1.29, 1.82) is 0 Å². The van der Waals surface area contributed by atoms with E-state index in [1.807, 2.05) is 43.3 Å². The molecule has 0 aromatic heterocycles. The van der Waals surface area contributed by atoms with Crippen LogP contribution in [0.5, 0.6) is 0 Å². The van der Waals surface area contributed by atoms with Crippen LogP contribution in [-0.4, -0.2) is 18.4 Å². The summed E-state index contributed by atoms with van der Waals surface area (Å²) in [4.78, 5) is 15.8. The van der Waals surface area contributed by atoms with Crippen molar-refractivity contribution in [1.82, 2.24) is 0 Å². The molecule has 3 nitrogen and oxygen atoms in total. The molecule has 2 aromatic rings. The highest BCUT2D eigenvalue weighted by atomic mass is 16.5. The van der Waals surface area contributed by atoms with Gasteiger partial charge in [-0.25, -0.2) is 0 Å². The zero-order chi connectivity index (χ0) is 13.0. The molecule has 0 aliphatic heterocycles. The maximum atomic E-state index is 11.9. The fraction of sp³-hybridized carbons (Fsp3) is 0.200. The molecule has 0 radical (unpaired) electrons. The van der Waals surface area contributed by atoms with Crippen molar-refractivity contribution in [3.8, 4) is 0 Å². The van der Waals surface area contributed by atoms with Crippen molar-refractivity contribution in [2.75, 3.05) is 6.61 Å². The third-order valence-electron chi connectivity index (χ3n) is 2.61. The second kappa shape index (κ2) is 5.45. The largest absolute Gasteiger partial charge is 0.481 e. The number of hydrogen-bond acceptors (Lipinski definition) is 2. The molecule has 0 saturated carbocycles. The predicted molar refractivity (Wildman–Crippen MR) is 73.0 cm³/mol. The van der Waals surface area contributed by atoms with Gasteiger partial charge in [0.15, 0.2) is 5.90 Å². The van der Waals surface area contributed by atoms with E-state index in [9.17, 15) is 4.79 Å². The summed E-state index contributed by atoms with van der Waals surface area (Å²) in [7, 11) is 0. The first-order chi connectivity index (χ1) is 8.70. The molecule has 0 heterocycles. The summed E-state index contributed by atoms with van der Waals surface area (Å²) >= 11 is 0. The van der Waals surface area contributed by atoms with Crippen LogP contribution in [0.2, 0.25) is 0 Å². The van der Waals surface area contributed by atoms with Gasteiger partial charge in [-0.2, -0.15) is 4.99 Å². The molecule has 0 N–H and O–H groups in total. The Bertz CT molecular complexity index is 602. The SMILES string of the molecule is CCO/C(C)=N\C(=O)c1ccc2ccccc2c1. The molecule has 0 aliphatic rings. The van der Waals surface area contributed by atoms with E-state index >= 15 is 0 Å². The lowest BCUT2D eigenvalue weighted by Crippen LogP contribution is -2.04. The number of aliphatic imine (C=N–C) groups is 1. The van der Waals surface area contributed by atoms with Gasteiger partial charge in [0.25, 0.3) is 5.91 Å². The number of carbonyl (C=O) groups excluding carboxylic acids is 1. The van der Waals surface area contributed by atoms with Crippen molar-refractivity contribution in [3.05, 3.63) is 48.0 Å². The van der Waals surface area contributed by atoms with E-state index in [0.717, 1.165) is 10.8 Å². The van der Waals surface area contributed by atoms with Crippen LogP contribution in [-0.2, 0) is 4.74 Å². The van der Waals surface area contributed by atoms with Crippen LogP contribution in [0.4, 0.5) is 0 Å². The first kappa shape index (κ1) is 12.3. The van der Waals surface area contributed by atoms with Gasteiger partial charge in [0.05, 0.1) is 6.61 Å². The molecule has 2 rings (SSSR count). The van der Waals surface area contributed by atoms with E-state index in [4.69, 9.17) is 4.74 Å². The molecule has 0 fully saturated rings. The molecule has 1 amide bonds. The van der Waals surface area contributed by atoms with Gasteiger partial charge in [-0.1, -0.05) is 30.3 Å². The minimum absolute atomic E-state index is 0.272. The number of fused-ring (bicyclic) bond motifs is 1. The van der Waals surface area contributed by atoms with Gasteiger partial charge in [-0.15, -0.1) is 0 Å². The predicted octanol–water partition coefficient (Wildman–Crippen LogP) is 3.43. The van der Waals surface area contributed by atoms with E-state index in [1.54, 1.807) is 13.0 Å². The standard InChI is InChI=1S/C15H15NO2/c1-3-18-11(2)16-15(17)14-9-8-12-6-4-5-7-13(12)10-14/h4-10H,3H2,1-2H3/b16-11-. The van der Waals surface area contributed by atoms with Gasteiger partial charge in [-0.3, -0.25) is 4.79 Å². The van der Waals surface area contributed by atoms with E-state index in [2.05, 4.69) is 4.99 Å². The average Bonchev–Trinajstić information content (AvgIpc) is 2.38. The van der Waals surface area contributed by atoms with Crippen LogP contribution in [0.15, 0.2) is 47.5 Å². The summed E-state index contributed by atoms with van der Waals surface area (Å²) in [6.07, 6.45) is 0. The smallest absolute Gasteiger partial charge is 0.279 e. The normalized spacial score (nSPS) is 11.6. The number of nitrogens with zero attached hydrogens (tertiary/aromatic N) is 1. The van der Waals surface area contributed by atoms with Gasteiger partial charge in [0.2, 0.25) is 0 Å². The van der Waals surface area contributed by atoms with Gasteiger partial charge in [0, 0.05) is 12.5 Å². The average molecular weight is 241 g/mol. The number of hydrogen-bond donors (Lipinski definition) is 0. The van der Waals surface area contributed by atoms with Gasteiger partial charge < -0.3 is 4.74 Å². The molecule has 0 atom stereocenters. The monoisotopic (exact) mass is 241 g/mol. The minimum Gasteiger partial charge on any atom is -0.481 e. The Balaban J connectivity index is 2.31. The van der Waals surface area contributed by atoms with Crippen molar-refractivity contribution in [3.63, 3.8) is 0 Å². The fourth-order valence-corrected chi connectivity index (χ4v) is 1.77. The lowest BCUT2D eigenvalue weighted by molar-refractivity contribution is 0.0999. The van der Waals surface area contributed by atoms with E-state index < -0.39 is 0 Å². The Morgan fingerprint density at radius 3 is 2.61 bits per heavy atom. The molecule has 3 heteroatoms. The van der Waals surface area contributed by atoms with Crippen molar-refractivity contribution < 1.29 is 9.53 Å². The van der Waals surface area contributed by atoms with Gasteiger partial charge in [0.1, 0.15) is 0 Å². The van der Waals surface area contributed by atoms with Crippen LogP contribution < -0.4 is 0 Å². The van der Waals surface area contributed by atoms with Crippen LogP contribution >= 0.6 is 0 Å². The molecular formula is C15H15NO2. The Kier molecular flexibility index (Phi) is 3.72. The number of amides is 1. The quantitative estimate of drug-likeness (QED) is 0.596. The summed E-state index contributed by atoms with van der Waals surface area (Å²) in [6.45, 7) is 4.06. The fourth-order valence-electron chi connectivity index (χ4n) is 1.77. The highest BCUT2D eigenvalue weighted by Crippen LogP contribution is 2.16. The van der Waals surface area contributed by atoms with Crippen LogP contribution in [0.1, 0.15) is 24.2 Å². The van der Waals surface area contributed by atoms with Crippen molar-refractivity contribution >= 4 is 22.6 Å². The third-order valence-corrected chi connectivity index (χ3v) is 2.61. The summed E-state index contributed by atoms with van der Waals surface area (Å²) in [5, 5.41) is 2.15. The molecule has 18 heavy (non-hydrogen) atoms. The minimum atomic E-state index is -0.272. The summed E-state index contributed by atoms with van der Waals surface area (Å²) in [5.41, 5.74) is 0.577. The Hall–Kier alpha value is -2.16. The highest BCUT2D eigenvalue weighted by Gasteiger charge is 2.05. The van der Waals surface area contributed by atoms with Crippen molar-refractivity contribution in [2.45, 2.75) is 13.8 Å². The highest BCUT2D eigenvalue weighted by molar-refractivity contribution is 6.03. The number of benzene rings is 2. The van der Waals surface area contributed by atoms with Crippen LogP contribution in [0.3, 0.4) is 0 Å². The van der Waals surface area contributed by atoms with Gasteiger partial charge >= 0.3 is 0 Å². The van der Waals surface area contributed by atoms with Crippen molar-refractivity contribution in [2.24, 2.45) is 4.99 Å². The zero-order valence-corrected chi connectivity index (χ0v) is 10.5. The Morgan fingerprint density at radius 1 is 1.17 bits per heavy atom. The molecule has 0 aliphatic carbocycles.